The van der Waals surface area contributed by atoms with Crippen LogP contribution in [0.15, 0.2) is 24.8 Å². The molecule has 1 saturated carbocycles. The lowest BCUT2D eigenvalue weighted by Crippen LogP contribution is -2.16. The highest BCUT2D eigenvalue weighted by Gasteiger charge is 2.49. The molecule has 8 nitrogen and oxygen atoms in total. The van der Waals surface area contributed by atoms with Crippen LogP contribution in [0.2, 0.25) is 10.0 Å². The average Bonchev–Trinajstić information content (AvgIpc) is 3.33. The van der Waals surface area contributed by atoms with Crippen LogP contribution in [-0.4, -0.2) is 31.6 Å². The first kappa shape index (κ1) is 23.3. The molecule has 0 aromatic carbocycles. The lowest BCUT2D eigenvalue weighted by molar-refractivity contribution is -0.137. The van der Waals surface area contributed by atoms with Gasteiger partial charge < -0.3 is 11.1 Å². The molecule has 1 aliphatic rings. The zero-order chi connectivity index (χ0) is 24.0. The van der Waals surface area contributed by atoms with E-state index in [1.165, 1.54) is 6.20 Å². The molecule has 0 bridgehead atoms. The maximum Gasteiger partial charge on any atom is 0.418 e. The topological polar surface area (TPSA) is 124 Å². The predicted molar refractivity (Wildman–Crippen MR) is 116 cm³/mol. The van der Waals surface area contributed by atoms with E-state index in [1.807, 2.05) is 0 Å². The van der Waals surface area contributed by atoms with E-state index in [4.69, 9.17) is 28.9 Å². The molecule has 0 saturated heterocycles. The number of nitrogen functional groups attached to an aromatic ring is 1. The van der Waals surface area contributed by atoms with Gasteiger partial charge in [-0.15, -0.1) is 11.3 Å². The standard InChI is InChI=1S/C19H13Cl2F3N6O2S/c20-9-5-26-12(3-8(9)19(22,23)24)30-16(32)11-6-27-17(33-11)18(1-2-18)4-10(31)14-13(21)15(25)29-7-28-14/h3,5-7H,1-2,4H2,(H2,25,28,29)(H,26,30,32). The summed E-state index contributed by atoms with van der Waals surface area (Å²) in [6.07, 6.45) is -0.0397. The Morgan fingerprint density at radius 3 is 2.55 bits per heavy atom. The fourth-order valence-corrected chi connectivity index (χ4v) is 4.58. The summed E-state index contributed by atoms with van der Waals surface area (Å²) in [5.41, 5.74) is 3.96. The van der Waals surface area contributed by atoms with Crippen LogP contribution in [0.3, 0.4) is 0 Å². The first-order valence-corrected chi connectivity index (χ1v) is 10.9. The minimum atomic E-state index is -4.70. The van der Waals surface area contributed by atoms with Crippen molar-refractivity contribution in [2.75, 3.05) is 11.1 Å². The normalized spacial score (nSPS) is 14.7. The molecule has 0 unspecified atom stereocenters. The van der Waals surface area contributed by atoms with Gasteiger partial charge in [0.2, 0.25) is 0 Å². The molecular weight excluding hydrogens is 504 g/mol. The number of hydrogen-bond donors (Lipinski definition) is 2. The van der Waals surface area contributed by atoms with Crippen molar-refractivity contribution in [3.8, 4) is 0 Å². The number of nitrogens with zero attached hydrogens (tertiary/aromatic N) is 4. The van der Waals surface area contributed by atoms with Gasteiger partial charge in [0.05, 0.1) is 21.8 Å². The molecule has 0 radical (unpaired) electrons. The fourth-order valence-electron chi connectivity index (χ4n) is 3.11. The van der Waals surface area contributed by atoms with E-state index in [9.17, 15) is 22.8 Å². The lowest BCUT2D eigenvalue weighted by Gasteiger charge is -2.11. The predicted octanol–water partition coefficient (Wildman–Crippen LogP) is 4.79. The van der Waals surface area contributed by atoms with Gasteiger partial charge in [-0.25, -0.2) is 19.9 Å². The molecule has 14 heteroatoms. The van der Waals surface area contributed by atoms with E-state index in [0.717, 1.165) is 23.9 Å². The number of hydrogen-bond acceptors (Lipinski definition) is 8. The van der Waals surface area contributed by atoms with Crippen molar-refractivity contribution < 1.29 is 22.8 Å². The molecular formula is C19H13Cl2F3N6O2S. The van der Waals surface area contributed by atoms with Crippen molar-refractivity contribution in [3.63, 3.8) is 0 Å². The summed E-state index contributed by atoms with van der Waals surface area (Å²) < 4.78 is 39.1. The molecule has 172 valence electrons. The molecule has 3 heterocycles. The second-order valence-electron chi connectivity index (χ2n) is 7.33. The molecule has 0 aliphatic heterocycles. The fraction of sp³-hybridized carbons (Fsp3) is 0.263. The van der Waals surface area contributed by atoms with Crippen LogP contribution in [0.1, 0.15) is 50.0 Å². The largest absolute Gasteiger partial charge is 0.418 e. The number of anilines is 2. The van der Waals surface area contributed by atoms with E-state index in [-0.39, 0.29) is 39.4 Å². The zero-order valence-corrected chi connectivity index (χ0v) is 18.7. The molecule has 3 N–H and O–H groups in total. The summed E-state index contributed by atoms with van der Waals surface area (Å²) in [6.45, 7) is 0. The molecule has 0 spiro atoms. The van der Waals surface area contributed by atoms with Crippen LogP contribution >= 0.6 is 34.5 Å². The van der Waals surface area contributed by atoms with Gasteiger partial charge in [0.1, 0.15) is 33.6 Å². The Hall–Kier alpha value is -2.83. The first-order chi connectivity index (χ1) is 15.5. The van der Waals surface area contributed by atoms with Crippen LogP contribution in [0.25, 0.3) is 0 Å². The highest BCUT2D eigenvalue weighted by atomic mass is 35.5. The molecule has 1 amide bonds. The number of nitrogens with two attached hydrogens (primary N) is 1. The average molecular weight is 517 g/mol. The number of alkyl halides is 3. The van der Waals surface area contributed by atoms with E-state index >= 15 is 0 Å². The zero-order valence-electron chi connectivity index (χ0n) is 16.4. The summed E-state index contributed by atoms with van der Waals surface area (Å²) in [5.74, 6) is -1.33. The maximum absolute atomic E-state index is 13.0. The van der Waals surface area contributed by atoms with Crippen LogP contribution in [0.5, 0.6) is 0 Å². The van der Waals surface area contributed by atoms with E-state index in [2.05, 4.69) is 25.3 Å². The van der Waals surface area contributed by atoms with Gasteiger partial charge in [0, 0.05) is 18.0 Å². The molecule has 1 fully saturated rings. The third kappa shape index (κ3) is 4.77. The second-order valence-corrected chi connectivity index (χ2v) is 9.15. The quantitative estimate of drug-likeness (QED) is 0.451. The number of aromatic nitrogens is 4. The Kier molecular flexibility index (Phi) is 6.01. The number of pyridine rings is 1. The summed E-state index contributed by atoms with van der Waals surface area (Å²) >= 11 is 12.6. The minimum absolute atomic E-state index is 0.00226. The smallest absolute Gasteiger partial charge is 0.382 e. The Balaban J connectivity index is 1.49. The van der Waals surface area contributed by atoms with Crippen molar-refractivity contribution in [3.05, 3.63) is 56.0 Å². The van der Waals surface area contributed by atoms with Crippen molar-refractivity contribution in [1.82, 2.24) is 19.9 Å². The molecule has 1 aliphatic carbocycles. The van der Waals surface area contributed by atoms with Crippen LogP contribution in [-0.2, 0) is 11.6 Å². The highest BCUT2D eigenvalue weighted by Crippen LogP contribution is 2.53. The summed E-state index contributed by atoms with van der Waals surface area (Å²) in [7, 11) is 0. The van der Waals surface area contributed by atoms with Gasteiger partial charge in [-0.2, -0.15) is 13.2 Å². The first-order valence-electron chi connectivity index (χ1n) is 9.30. The lowest BCUT2D eigenvalue weighted by atomic mass is 9.98. The van der Waals surface area contributed by atoms with Gasteiger partial charge in [0.25, 0.3) is 5.91 Å². The SMILES string of the molecule is Nc1ncnc(C(=O)CC2(c3ncc(C(=O)Nc4cc(C(F)(F)F)c(Cl)cn4)s3)CC2)c1Cl. The number of nitrogens with one attached hydrogen (secondary N) is 1. The number of Topliss-reactive ketones (excluding diaryl/α,β-unsaturated/α-hetero) is 1. The third-order valence-corrected chi connectivity index (χ3v) is 6.93. The van der Waals surface area contributed by atoms with Crippen LogP contribution in [0.4, 0.5) is 24.8 Å². The molecule has 33 heavy (non-hydrogen) atoms. The van der Waals surface area contributed by atoms with Gasteiger partial charge in [-0.1, -0.05) is 23.2 Å². The van der Waals surface area contributed by atoms with Crippen molar-refractivity contribution >= 4 is 57.9 Å². The van der Waals surface area contributed by atoms with Gasteiger partial charge in [0.15, 0.2) is 5.78 Å². The van der Waals surface area contributed by atoms with Crippen LogP contribution < -0.4 is 11.1 Å². The van der Waals surface area contributed by atoms with E-state index in [0.29, 0.717) is 23.9 Å². The maximum atomic E-state index is 13.0. The number of rotatable bonds is 6. The van der Waals surface area contributed by atoms with Gasteiger partial charge in [-0.05, 0) is 18.9 Å². The van der Waals surface area contributed by atoms with Crippen molar-refractivity contribution in [1.29, 1.82) is 0 Å². The molecule has 0 atom stereocenters. The molecule has 3 aromatic rings. The van der Waals surface area contributed by atoms with Gasteiger partial charge in [-0.3, -0.25) is 9.59 Å². The van der Waals surface area contributed by atoms with E-state index in [1.54, 1.807) is 0 Å². The molecule has 3 aromatic heterocycles. The summed E-state index contributed by atoms with van der Waals surface area (Å²) in [5, 5.41) is 2.27. The summed E-state index contributed by atoms with van der Waals surface area (Å²) in [6, 6.07) is 0.653. The molecule has 4 rings (SSSR count). The third-order valence-electron chi connectivity index (χ3n) is 5.02. The van der Waals surface area contributed by atoms with Crippen LogP contribution in [0, 0.1) is 0 Å². The number of amides is 1. The second kappa shape index (κ2) is 8.50. The number of ketones is 1. The Bertz CT molecular complexity index is 1260. The van der Waals surface area contributed by atoms with Gasteiger partial charge >= 0.3 is 6.18 Å². The number of carbonyl (C=O) groups is 2. The highest BCUT2D eigenvalue weighted by molar-refractivity contribution is 7.14. The monoisotopic (exact) mass is 516 g/mol. The van der Waals surface area contributed by atoms with Crippen molar-refractivity contribution in [2.24, 2.45) is 0 Å². The number of halogens is 5. The Morgan fingerprint density at radius 2 is 1.88 bits per heavy atom. The summed E-state index contributed by atoms with van der Waals surface area (Å²) in [4.78, 5) is 41.0. The number of carbonyl (C=O) groups excluding carboxylic acids is 2. The van der Waals surface area contributed by atoms with E-state index < -0.39 is 28.1 Å². The minimum Gasteiger partial charge on any atom is -0.382 e. The Labute approximate surface area is 198 Å². The number of thiazole rings is 1. The van der Waals surface area contributed by atoms with Crippen molar-refractivity contribution in [2.45, 2.75) is 30.9 Å². The Morgan fingerprint density at radius 1 is 1.15 bits per heavy atom.